The van der Waals surface area contributed by atoms with Gasteiger partial charge >= 0.3 is 7.12 Å². The predicted octanol–water partition coefficient (Wildman–Crippen LogP) is -0.445. The summed E-state index contributed by atoms with van der Waals surface area (Å²) < 4.78 is 11.0. The van der Waals surface area contributed by atoms with Crippen molar-refractivity contribution in [3.8, 4) is 5.75 Å². The second-order valence-electron chi connectivity index (χ2n) is 4.25. The van der Waals surface area contributed by atoms with Crippen molar-refractivity contribution < 1.29 is 19.5 Å². The Morgan fingerprint density at radius 2 is 2.22 bits per heavy atom. The molecule has 2 rings (SSSR count). The summed E-state index contributed by atoms with van der Waals surface area (Å²) in [6, 6.07) is 5.57. The van der Waals surface area contributed by atoms with E-state index in [1.807, 2.05) is 18.2 Å². The molecule has 0 amide bonds. The third kappa shape index (κ3) is 2.67. The van der Waals surface area contributed by atoms with Gasteiger partial charge in [0.1, 0.15) is 5.75 Å². The summed E-state index contributed by atoms with van der Waals surface area (Å²) in [6.45, 7) is 1.01. The Kier molecular flexibility index (Phi) is 4.60. The number of fused-ring (bicyclic) bond motifs is 1. The fourth-order valence-corrected chi connectivity index (χ4v) is 2.11. The summed E-state index contributed by atoms with van der Waals surface area (Å²) in [5.74, 6) is 0.633. The van der Waals surface area contributed by atoms with E-state index >= 15 is 0 Å². The fraction of sp³-hybridized carbons (Fsp3) is 0.500. The Hall–Kier alpha value is -1.08. The van der Waals surface area contributed by atoms with Crippen molar-refractivity contribution in [3.63, 3.8) is 0 Å². The van der Waals surface area contributed by atoms with Gasteiger partial charge in [-0.15, -0.1) is 0 Å². The van der Waals surface area contributed by atoms with Crippen molar-refractivity contribution in [2.75, 3.05) is 19.8 Å². The monoisotopic (exact) mass is 251 g/mol. The van der Waals surface area contributed by atoms with Crippen LogP contribution in [0.4, 0.5) is 0 Å². The van der Waals surface area contributed by atoms with Crippen molar-refractivity contribution in [3.05, 3.63) is 23.8 Å². The van der Waals surface area contributed by atoms with Gasteiger partial charge in [0.05, 0.1) is 12.7 Å². The zero-order valence-electron chi connectivity index (χ0n) is 10.2. The first-order chi connectivity index (χ1) is 8.77. The maximum absolute atomic E-state index is 9.87. The Balaban J connectivity index is 2.10. The standard InChI is InChI=1S/C12H18BNO4/c14-8-11-9-4-3-5-10(12(9)13(16)18-11)17-7-2-1-6-15/h3-5,11,15-16H,1-2,6-8,14H2. The molecule has 0 spiro atoms. The minimum atomic E-state index is -0.970. The summed E-state index contributed by atoms with van der Waals surface area (Å²) >= 11 is 0. The van der Waals surface area contributed by atoms with E-state index in [0.717, 1.165) is 12.0 Å². The van der Waals surface area contributed by atoms with E-state index in [1.165, 1.54) is 0 Å². The topological polar surface area (TPSA) is 84.9 Å². The molecule has 0 bridgehead atoms. The summed E-state index contributed by atoms with van der Waals surface area (Å²) in [6.07, 6.45) is 1.22. The molecule has 0 radical (unpaired) electrons. The first-order valence-electron chi connectivity index (χ1n) is 6.18. The molecule has 1 aromatic rings. The van der Waals surface area contributed by atoms with E-state index in [4.69, 9.17) is 20.2 Å². The molecule has 18 heavy (non-hydrogen) atoms. The molecular formula is C12H18BNO4. The minimum absolute atomic E-state index is 0.164. The highest BCUT2D eigenvalue weighted by Gasteiger charge is 2.37. The van der Waals surface area contributed by atoms with Gasteiger partial charge < -0.3 is 25.3 Å². The smallest absolute Gasteiger partial charge is 0.494 e. The molecule has 1 heterocycles. The van der Waals surface area contributed by atoms with Crippen molar-refractivity contribution in [1.29, 1.82) is 0 Å². The molecule has 0 aliphatic carbocycles. The molecule has 0 saturated carbocycles. The number of nitrogens with two attached hydrogens (primary N) is 1. The summed E-state index contributed by atoms with van der Waals surface area (Å²) in [7, 11) is -0.970. The largest absolute Gasteiger partial charge is 0.495 e. The Morgan fingerprint density at radius 3 is 2.94 bits per heavy atom. The van der Waals surface area contributed by atoms with E-state index in [9.17, 15) is 5.02 Å². The second-order valence-corrected chi connectivity index (χ2v) is 4.25. The molecule has 1 atom stereocenters. The van der Waals surface area contributed by atoms with Gasteiger partial charge in [-0.1, -0.05) is 12.1 Å². The van der Waals surface area contributed by atoms with Gasteiger partial charge in [-0.3, -0.25) is 0 Å². The van der Waals surface area contributed by atoms with Crippen molar-refractivity contribution in [2.24, 2.45) is 5.73 Å². The molecule has 1 aliphatic heterocycles. The van der Waals surface area contributed by atoms with Crippen LogP contribution in [-0.2, 0) is 4.65 Å². The lowest BCUT2D eigenvalue weighted by atomic mass is 9.78. The van der Waals surface area contributed by atoms with Gasteiger partial charge in [0, 0.05) is 18.6 Å². The molecule has 1 aromatic carbocycles. The van der Waals surface area contributed by atoms with Crippen LogP contribution >= 0.6 is 0 Å². The number of aliphatic hydroxyl groups excluding tert-OH is 1. The van der Waals surface area contributed by atoms with Crippen LogP contribution in [0.15, 0.2) is 18.2 Å². The number of ether oxygens (including phenoxy) is 1. The zero-order chi connectivity index (χ0) is 13.0. The van der Waals surface area contributed by atoms with E-state index in [0.29, 0.717) is 30.8 Å². The van der Waals surface area contributed by atoms with Crippen LogP contribution in [0.2, 0.25) is 0 Å². The van der Waals surface area contributed by atoms with Crippen LogP contribution in [0, 0.1) is 0 Å². The number of benzene rings is 1. The lowest BCUT2D eigenvalue weighted by Crippen LogP contribution is -2.30. The molecule has 4 N–H and O–H groups in total. The van der Waals surface area contributed by atoms with Crippen molar-refractivity contribution in [1.82, 2.24) is 0 Å². The lowest BCUT2D eigenvalue weighted by molar-refractivity contribution is 0.198. The molecule has 0 fully saturated rings. The van der Waals surface area contributed by atoms with Crippen LogP contribution in [0.1, 0.15) is 24.5 Å². The highest BCUT2D eigenvalue weighted by molar-refractivity contribution is 6.62. The predicted molar refractivity (Wildman–Crippen MR) is 68.7 cm³/mol. The third-order valence-electron chi connectivity index (χ3n) is 3.01. The van der Waals surface area contributed by atoms with Crippen molar-refractivity contribution >= 4 is 12.6 Å². The van der Waals surface area contributed by atoms with E-state index < -0.39 is 7.12 Å². The SMILES string of the molecule is NCC1OB(O)c2c(OCCCCO)cccc21. The molecule has 0 saturated heterocycles. The van der Waals surface area contributed by atoms with Crippen LogP contribution in [0.25, 0.3) is 0 Å². The molecular weight excluding hydrogens is 233 g/mol. The van der Waals surface area contributed by atoms with Crippen LogP contribution < -0.4 is 15.9 Å². The van der Waals surface area contributed by atoms with Gasteiger partial charge in [-0.2, -0.15) is 0 Å². The third-order valence-corrected chi connectivity index (χ3v) is 3.01. The van der Waals surface area contributed by atoms with E-state index in [1.54, 1.807) is 0 Å². The molecule has 1 unspecified atom stereocenters. The van der Waals surface area contributed by atoms with Crippen LogP contribution in [-0.4, -0.2) is 37.0 Å². The number of unbranched alkanes of at least 4 members (excludes halogenated alkanes) is 1. The molecule has 1 aliphatic rings. The Bertz CT molecular complexity index is 402. The average molecular weight is 251 g/mol. The second kappa shape index (κ2) is 6.20. The molecule has 98 valence electrons. The fourth-order valence-electron chi connectivity index (χ4n) is 2.11. The number of rotatable bonds is 6. The van der Waals surface area contributed by atoms with Gasteiger partial charge in [-0.25, -0.2) is 0 Å². The summed E-state index contributed by atoms with van der Waals surface area (Å²) in [5, 5.41) is 18.6. The van der Waals surface area contributed by atoms with Crippen molar-refractivity contribution in [2.45, 2.75) is 18.9 Å². The van der Waals surface area contributed by atoms with Gasteiger partial charge in [0.15, 0.2) is 0 Å². The highest BCUT2D eigenvalue weighted by atomic mass is 16.5. The lowest BCUT2D eigenvalue weighted by Gasteiger charge is -2.11. The molecule has 0 aromatic heterocycles. The number of hydrogen-bond donors (Lipinski definition) is 3. The van der Waals surface area contributed by atoms with Gasteiger partial charge in [0.25, 0.3) is 0 Å². The number of aliphatic hydroxyl groups is 1. The Morgan fingerprint density at radius 1 is 1.39 bits per heavy atom. The molecule has 6 heteroatoms. The normalized spacial score (nSPS) is 17.9. The zero-order valence-corrected chi connectivity index (χ0v) is 10.2. The van der Waals surface area contributed by atoms with Crippen LogP contribution in [0.3, 0.4) is 0 Å². The quantitative estimate of drug-likeness (QED) is 0.471. The van der Waals surface area contributed by atoms with Gasteiger partial charge in [-0.05, 0) is 24.5 Å². The summed E-state index contributed by atoms with van der Waals surface area (Å²) in [5.41, 5.74) is 7.17. The minimum Gasteiger partial charge on any atom is -0.494 e. The van der Waals surface area contributed by atoms with E-state index in [-0.39, 0.29) is 12.7 Å². The summed E-state index contributed by atoms with van der Waals surface area (Å²) in [4.78, 5) is 0. The maximum atomic E-state index is 9.87. The Labute approximate surface area is 107 Å². The van der Waals surface area contributed by atoms with Crippen LogP contribution in [0.5, 0.6) is 5.75 Å². The molecule has 5 nitrogen and oxygen atoms in total. The highest BCUT2D eigenvalue weighted by Crippen LogP contribution is 2.26. The maximum Gasteiger partial charge on any atom is 0.495 e. The van der Waals surface area contributed by atoms with E-state index in [2.05, 4.69) is 0 Å². The number of hydrogen-bond acceptors (Lipinski definition) is 5. The first-order valence-corrected chi connectivity index (χ1v) is 6.18. The van der Waals surface area contributed by atoms with Gasteiger partial charge in [0.2, 0.25) is 0 Å². The average Bonchev–Trinajstić information content (AvgIpc) is 2.72. The first kappa shape index (κ1) is 13.4.